The second-order valence-electron chi connectivity index (χ2n) is 9.23. The van der Waals surface area contributed by atoms with Crippen LogP contribution < -0.4 is 10.4 Å². The van der Waals surface area contributed by atoms with Crippen molar-refractivity contribution in [2.24, 2.45) is 0 Å². The van der Waals surface area contributed by atoms with Gasteiger partial charge in [-0.15, -0.1) is 0 Å². The van der Waals surface area contributed by atoms with E-state index in [0.717, 1.165) is 59.3 Å². The van der Waals surface area contributed by atoms with Crippen LogP contribution in [0.2, 0.25) is 0 Å². The minimum atomic E-state index is -0.404. The lowest BCUT2D eigenvalue weighted by atomic mass is 9.93. The molecule has 4 aromatic rings. The lowest BCUT2D eigenvalue weighted by molar-refractivity contribution is 0.114. The molecule has 1 fully saturated rings. The van der Waals surface area contributed by atoms with Gasteiger partial charge in [-0.25, -0.2) is 4.79 Å². The first-order chi connectivity index (χ1) is 16.5. The number of phenols is 1. The van der Waals surface area contributed by atoms with Crippen molar-refractivity contribution < 1.29 is 14.3 Å². The maximum atomic E-state index is 13.1. The first-order valence-corrected chi connectivity index (χ1v) is 11.8. The molecule has 1 N–H and O–H groups in total. The Hall–Kier alpha value is -3.57. The monoisotopic (exact) mass is 455 g/mol. The van der Waals surface area contributed by atoms with Gasteiger partial charge in [0.15, 0.2) is 0 Å². The quantitative estimate of drug-likeness (QED) is 0.401. The van der Waals surface area contributed by atoms with Crippen molar-refractivity contribution in [3.63, 3.8) is 0 Å². The number of aromatic hydroxyl groups is 1. The third-order valence-electron chi connectivity index (χ3n) is 6.61. The highest BCUT2D eigenvalue weighted by atomic mass is 16.5. The van der Waals surface area contributed by atoms with Crippen LogP contribution in [0.15, 0.2) is 75.9 Å². The molecule has 2 heterocycles. The van der Waals surface area contributed by atoms with Gasteiger partial charge in [-0.3, -0.25) is 0 Å². The molecule has 0 aliphatic carbocycles. The molecule has 0 bridgehead atoms. The fraction of sp³-hybridized carbons (Fsp3) is 0.276. The molecule has 5 heteroatoms. The lowest BCUT2D eigenvalue weighted by Crippen LogP contribution is -2.35. The molecule has 1 saturated heterocycles. The summed E-state index contributed by atoms with van der Waals surface area (Å²) >= 11 is 0. The van der Waals surface area contributed by atoms with Crippen LogP contribution in [0.5, 0.6) is 11.5 Å². The Bertz CT molecular complexity index is 1350. The zero-order valence-electron chi connectivity index (χ0n) is 19.6. The first kappa shape index (κ1) is 22.2. The van der Waals surface area contributed by atoms with E-state index < -0.39 is 5.63 Å². The second-order valence-corrected chi connectivity index (χ2v) is 9.23. The SMILES string of the molecule is Cc1ccc(-c2c(Cc3ccc(OC4CCN(C)CC4)cc3)c3ccc(O)cc3oc2=O)cc1. The van der Waals surface area contributed by atoms with Gasteiger partial charge in [0.1, 0.15) is 23.2 Å². The third kappa shape index (κ3) is 4.70. The predicted molar refractivity (Wildman–Crippen MR) is 135 cm³/mol. The Morgan fingerprint density at radius 2 is 1.71 bits per heavy atom. The van der Waals surface area contributed by atoms with Crippen molar-refractivity contribution in [3.05, 3.63) is 93.8 Å². The summed E-state index contributed by atoms with van der Waals surface area (Å²) in [4.78, 5) is 15.4. The maximum absolute atomic E-state index is 13.1. The molecule has 0 unspecified atom stereocenters. The Labute approximate surface area is 199 Å². The van der Waals surface area contributed by atoms with Crippen molar-refractivity contribution >= 4 is 11.0 Å². The van der Waals surface area contributed by atoms with E-state index in [4.69, 9.17) is 9.15 Å². The molecular formula is C29H29NO4. The van der Waals surface area contributed by atoms with Gasteiger partial charge < -0.3 is 19.2 Å². The molecule has 1 aliphatic heterocycles. The molecule has 0 saturated carbocycles. The minimum absolute atomic E-state index is 0.0695. The van der Waals surface area contributed by atoms with Crippen LogP contribution in [0.3, 0.4) is 0 Å². The molecule has 1 aromatic heterocycles. The highest BCUT2D eigenvalue weighted by molar-refractivity contribution is 5.88. The lowest BCUT2D eigenvalue weighted by Gasteiger charge is -2.29. The summed E-state index contributed by atoms with van der Waals surface area (Å²) in [6.07, 6.45) is 2.89. The Morgan fingerprint density at radius 1 is 1.00 bits per heavy atom. The van der Waals surface area contributed by atoms with E-state index in [1.165, 1.54) is 6.07 Å². The molecule has 3 aromatic carbocycles. The number of aryl methyl sites for hydroxylation is 1. The van der Waals surface area contributed by atoms with Crippen molar-refractivity contribution in [3.8, 4) is 22.6 Å². The number of nitrogens with zero attached hydrogens (tertiary/aromatic N) is 1. The molecule has 0 spiro atoms. The van der Waals surface area contributed by atoms with Crippen LogP contribution >= 0.6 is 0 Å². The molecule has 174 valence electrons. The normalized spacial score (nSPS) is 15.0. The number of hydrogen-bond donors (Lipinski definition) is 1. The molecule has 0 amide bonds. The summed E-state index contributed by atoms with van der Waals surface area (Å²) in [6, 6.07) is 21.0. The second kappa shape index (κ2) is 9.35. The van der Waals surface area contributed by atoms with Crippen molar-refractivity contribution in [1.82, 2.24) is 4.90 Å². The fourth-order valence-electron chi connectivity index (χ4n) is 4.63. The van der Waals surface area contributed by atoms with Gasteiger partial charge in [0, 0.05) is 24.5 Å². The predicted octanol–water partition coefficient (Wildman–Crippen LogP) is 5.54. The Morgan fingerprint density at radius 3 is 2.41 bits per heavy atom. The first-order valence-electron chi connectivity index (χ1n) is 11.8. The van der Waals surface area contributed by atoms with Crippen LogP contribution in [0.4, 0.5) is 0 Å². The number of fused-ring (bicyclic) bond motifs is 1. The van der Waals surface area contributed by atoms with E-state index in [2.05, 4.69) is 24.1 Å². The van der Waals surface area contributed by atoms with E-state index >= 15 is 0 Å². The smallest absolute Gasteiger partial charge is 0.344 e. The van der Waals surface area contributed by atoms with Crippen LogP contribution in [-0.2, 0) is 6.42 Å². The largest absolute Gasteiger partial charge is 0.508 e. The van der Waals surface area contributed by atoms with Gasteiger partial charge in [0.05, 0.1) is 5.56 Å². The summed E-state index contributed by atoms with van der Waals surface area (Å²) in [5.74, 6) is 0.944. The fourth-order valence-corrected chi connectivity index (χ4v) is 4.63. The molecule has 5 nitrogen and oxygen atoms in total. The Balaban J connectivity index is 1.49. The van der Waals surface area contributed by atoms with Gasteiger partial charge in [0.25, 0.3) is 0 Å². The standard InChI is InChI=1S/C29H29NO4/c1-19-3-7-21(8-4-19)28-26(25-12-9-22(31)18-27(25)34-29(28)32)17-20-5-10-23(11-6-20)33-24-13-15-30(2)16-14-24/h3-12,18,24,31H,13-17H2,1-2H3. The summed E-state index contributed by atoms with van der Waals surface area (Å²) < 4.78 is 11.8. The van der Waals surface area contributed by atoms with Gasteiger partial charge >= 0.3 is 5.63 Å². The van der Waals surface area contributed by atoms with Crippen LogP contribution in [0.25, 0.3) is 22.1 Å². The van der Waals surface area contributed by atoms with E-state index in [9.17, 15) is 9.90 Å². The number of ether oxygens (including phenoxy) is 1. The van der Waals surface area contributed by atoms with Crippen LogP contribution in [0, 0.1) is 6.92 Å². The Kier molecular flexibility index (Phi) is 6.12. The van der Waals surface area contributed by atoms with Crippen molar-refractivity contribution in [2.45, 2.75) is 32.3 Å². The van der Waals surface area contributed by atoms with Gasteiger partial charge in [-0.2, -0.15) is 0 Å². The van der Waals surface area contributed by atoms with Crippen molar-refractivity contribution in [2.75, 3.05) is 20.1 Å². The average molecular weight is 456 g/mol. The molecule has 0 atom stereocenters. The number of phenolic OH excluding ortho intramolecular Hbond substituents is 1. The molecular weight excluding hydrogens is 426 g/mol. The third-order valence-corrected chi connectivity index (χ3v) is 6.61. The minimum Gasteiger partial charge on any atom is -0.508 e. The number of likely N-dealkylation sites (tertiary alicyclic amines) is 1. The number of rotatable bonds is 5. The van der Waals surface area contributed by atoms with Gasteiger partial charge in [-0.05, 0) is 74.2 Å². The molecule has 1 aliphatic rings. The number of hydrogen-bond acceptors (Lipinski definition) is 5. The van der Waals surface area contributed by atoms with E-state index in [0.29, 0.717) is 17.6 Å². The highest BCUT2D eigenvalue weighted by Crippen LogP contribution is 2.32. The summed E-state index contributed by atoms with van der Waals surface area (Å²) in [6.45, 7) is 4.14. The van der Waals surface area contributed by atoms with E-state index in [-0.39, 0.29) is 11.9 Å². The van der Waals surface area contributed by atoms with Crippen LogP contribution in [0.1, 0.15) is 29.5 Å². The number of benzene rings is 3. The zero-order valence-corrected chi connectivity index (χ0v) is 19.6. The van der Waals surface area contributed by atoms with Gasteiger partial charge in [-0.1, -0.05) is 42.0 Å². The molecule has 34 heavy (non-hydrogen) atoms. The summed E-state index contributed by atoms with van der Waals surface area (Å²) in [5.41, 5.74) is 4.46. The van der Waals surface area contributed by atoms with Gasteiger partial charge in [0.2, 0.25) is 0 Å². The molecule has 5 rings (SSSR count). The van der Waals surface area contributed by atoms with Crippen molar-refractivity contribution in [1.29, 1.82) is 0 Å². The average Bonchev–Trinajstić information content (AvgIpc) is 2.82. The van der Waals surface area contributed by atoms with Crippen LogP contribution in [-0.4, -0.2) is 36.2 Å². The van der Waals surface area contributed by atoms with E-state index in [1.807, 2.05) is 49.4 Å². The number of piperidine rings is 1. The maximum Gasteiger partial charge on any atom is 0.344 e. The highest BCUT2D eigenvalue weighted by Gasteiger charge is 2.19. The topological polar surface area (TPSA) is 62.9 Å². The zero-order chi connectivity index (χ0) is 23.7. The van der Waals surface area contributed by atoms with E-state index in [1.54, 1.807) is 6.07 Å². The summed E-state index contributed by atoms with van der Waals surface area (Å²) in [7, 11) is 2.14. The summed E-state index contributed by atoms with van der Waals surface area (Å²) in [5, 5.41) is 10.7. The molecule has 0 radical (unpaired) electrons.